The first-order valence-corrected chi connectivity index (χ1v) is 7.21. The summed E-state index contributed by atoms with van der Waals surface area (Å²) in [7, 11) is 0. The summed E-state index contributed by atoms with van der Waals surface area (Å²) in [6.07, 6.45) is 4.51. The van der Waals surface area contributed by atoms with Crippen LogP contribution in [-0.4, -0.2) is 29.9 Å². The zero-order valence-electron chi connectivity index (χ0n) is 12.0. The number of amides is 1. The second-order valence-corrected chi connectivity index (χ2v) is 5.56. The molecule has 1 aromatic carbocycles. The van der Waals surface area contributed by atoms with Crippen molar-refractivity contribution in [2.45, 2.75) is 45.6 Å². The smallest absolute Gasteiger partial charge is 0.254 e. The van der Waals surface area contributed by atoms with Gasteiger partial charge >= 0.3 is 0 Å². The number of benzene rings is 1. The van der Waals surface area contributed by atoms with Crippen LogP contribution < -0.4 is 5.73 Å². The van der Waals surface area contributed by atoms with Crippen molar-refractivity contribution in [3.05, 3.63) is 34.9 Å². The Kier molecular flexibility index (Phi) is 4.59. The molecule has 0 aromatic heterocycles. The Hall–Kier alpha value is -1.35. The van der Waals surface area contributed by atoms with Crippen LogP contribution in [0.4, 0.5) is 0 Å². The minimum Gasteiger partial charge on any atom is -0.334 e. The van der Waals surface area contributed by atoms with Crippen molar-refractivity contribution >= 4 is 5.91 Å². The first-order valence-electron chi connectivity index (χ1n) is 7.21. The molecule has 2 N–H and O–H groups in total. The van der Waals surface area contributed by atoms with Crippen LogP contribution in [0.1, 0.15) is 47.2 Å². The predicted molar refractivity (Wildman–Crippen MR) is 78.3 cm³/mol. The first kappa shape index (κ1) is 14.1. The van der Waals surface area contributed by atoms with Crippen LogP contribution in [0, 0.1) is 13.8 Å². The molecular formula is C16H24N2O. The normalized spacial score (nSPS) is 20.2. The maximum Gasteiger partial charge on any atom is 0.254 e. The summed E-state index contributed by atoms with van der Waals surface area (Å²) in [5.74, 6) is 0.148. The van der Waals surface area contributed by atoms with Gasteiger partial charge in [-0.1, -0.05) is 30.5 Å². The van der Waals surface area contributed by atoms with E-state index in [2.05, 4.69) is 13.0 Å². The summed E-state index contributed by atoms with van der Waals surface area (Å²) >= 11 is 0. The number of hydrogen-bond acceptors (Lipinski definition) is 2. The van der Waals surface area contributed by atoms with Crippen molar-refractivity contribution in [2.75, 3.05) is 13.1 Å². The van der Waals surface area contributed by atoms with Crippen molar-refractivity contribution in [1.29, 1.82) is 0 Å². The van der Waals surface area contributed by atoms with E-state index in [0.717, 1.165) is 30.5 Å². The minimum atomic E-state index is 0.148. The molecule has 0 radical (unpaired) electrons. The maximum absolute atomic E-state index is 12.7. The third-order valence-electron chi connectivity index (χ3n) is 4.02. The molecule has 1 heterocycles. The topological polar surface area (TPSA) is 46.3 Å². The standard InChI is InChI=1S/C16H24N2O/c1-12-7-8-15(13(2)10-12)16(19)18-9-5-3-4-6-14(18)11-17/h7-8,10,14H,3-6,9,11,17H2,1-2H3. The summed E-state index contributed by atoms with van der Waals surface area (Å²) in [5.41, 5.74) is 8.93. The van der Waals surface area contributed by atoms with E-state index in [-0.39, 0.29) is 11.9 Å². The third-order valence-corrected chi connectivity index (χ3v) is 4.02. The first-order chi connectivity index (χ1) is 9.13. The molecule has 0 saturated carbocycles. The highest BCUT2D eigenvalue weighted by Gasteiger charge is 2.25. The van der Waals surface area contributed by atoms with Gasteiger partial charge in [-0.25, -0.2) is 0 Å². The largest absolute Gasteiger partial charge is 0.334 e. The number of likely N-dealkylation sites (tertiary alicyclic amines) is 1. The molecule has 3 nitrogen and oxygen atoms in total. The second kappa shape index (κ2) is 6.20. The molecule has 19 heavy (non-hydrogen) atoms. The van der Waals surface area contributed by atoms with Gasteiger partial charge < -0.3 is 10.6 Å². The molecule has 3 heteroatoms. The molecule has 0 spiro atoms. The van der Waals surface area contributed by atoms with E-state index < -0.39 is 0 Å². The Morgan fingerprint density at radius 2 is 2.11 bits per heavy atom. The van der Waals surface area contributed by atoms with Gasteiger partial charge in [-0.2, -0.15) is 0 Å². The Morgan fingerprint density at radius 3 is 2.79 bits per heavy atom. The van der Waals surface area contributed by atoms with E-state index in [1.807, 2.05) is 24.0 Å². The molecule has 1 saturated heterocycles. The Labute approximate surface area is 115 Å². The van der Waals surface area contributed by atoms with Gasteiger partial charge in [-0.15, -0.1) is 0 Å². The monoisotopic (exact) mass is 260 g/mol. The minimum absolute atomic E-state index is 0.148. The molecule has 1 atom stereocenters. The van der Waals surface area contributed by atoms with Crippen LogP contribution in [-0.2, 0) is 0 Å². The second-order valence-electron chi connectivity index (χ2n) is 5.56. The average Bonchev–Trinajstić information content (AvgIpc) is 2.63. The summed E-state index contributed by atoms with van der Waals surface area (Å²) in [5, 5.41) is 0. The quantitative estimate of drug-likeness (QED) is 0.888. The summed E-state index contributed by atoms with van der Waals surface area (Å²) in [6.45, 7) is 5.47. The molecular weight excluding hydrogens is 236 g/mol. The van der Waals surface area contributed by atoms with Gasteiger partial charge in [0.25, 0.3) is 5.91 Å². The lowest BCUT2D eigenvalue weighted by Crippen LogP contribution is -2.44. The lowest BCUT2D eigenvalue weighted by atomic mass is 10.0. The van der Waals surface area contributed by atoms with Crippen LogP contribution in [0.2, 0.25) is 0 Å². The van der Waals surface area contributed by atoms with E-state index in [1.165, 1.54) is 18.4 Å². The van der Waals surface area contributed by atoms with Crippen molar-refractivity contribution < 1.29 is 4.79 Å². The fourth-order valence-electron chi connectivity index (χ4n) is 2.90. The molecule has 1 aliphatic heterocycles. The van der Waals surface area contributed by atoms with Gasteiger partial charge in [0.1, 0.15) is 0 Å². The van der Waals surface area contributed by atoms with Crippen LogP contribution in [0.3, 0.4) is 0 Å². The van der Waals surface area contributed by atoms with Gasteiger partial charge in [0, 0.05) is 24.7 Å². The van der Waals surface area contributed by atoms with Gasteiger partial charge in [0.2, 0.25) is 0 Å². The SMILES string of the molecule is Cc1ccc(C(=O)N2CCCCCC2CN)c(C)c1. The van der Waals surface area contributed by atoms with Crippen molar-refractivity contribution in [3.63, 3.8) is 0 Å². The number of aryl methyl sites for hydroxylation is 2. The molecule has 0 bridgehead atoms. The lowest BCUT2D eigenvalue weighted by Gasteiger charge is -2.29. The van der Waals surface area contributed by atoms with Crippen molar-refractivity contribution in [2.24, 2.45) is 5.73 Å². The van der Waals surface area contributed by atoms with E-state index in [0.29, 0.717) is 6.54 Å². The Morgan fingerprint density at radius 1 is 1.32 bits per heavy atom. The molecule has 2 rings (SSSR count). The molecule has 1 amide bonds. The molecule has 104 valence electrons. The fourth-order valence-corrected chi connectivity index (χ4v) is 2.90. The molecule has 1 aliphatic rings. The number of nitrogens with two attached hydrogens (primary N) is 1. The fraction of sp³-hybridized carbons (Fsp3) is 0.562. The maximum atomic E-state index is 12.7. The highest BCUT2D eigenvalue weighted by molar-refractivity contribution is 5.96. The Bertz CT molecular complexity index is 456. The van der Waals surface area contributed by atoms with Gasteiger partial charge in [-0.05, 0) is 38.3 Å². The molecule has 1 unspecified atom stereocenters. The van der Waals surface area contributed by atoms with Crippen molar-refractivity contribution in [1.82, 2.24) is 4.90 Å². The van der Waals surface area contributed by atoms with Crippen LogP contribution >= 0.6 is 0 Å². The van der Waals surface area contributed by atoms with Gasteiger partial charge in [0.05, 0.1) is 0 Å². The van der Waals surface area contributed by atoms with Gasteiger partial charge in [0.15, 0.2) is 0 Å². The van der Waals surface area contributed by atoms with Crippen LogP contribution in [0.15, 0.2) is 18.2 Å². The number of nitrogens with zero attached hydrogens (tertiary/aromatic N) is 1. The van der Waals surface area contributed by atoms with Gasteiger partial charge in [-0.3, -0.25) is 4.79 Å². The number of carbonyl (C=O) groups excluding carboxylic acids is 1. The van der Waals surface area contributed by atoms with E-state index in [9.17, 15) is 4.79 Å². The molecule has 1 fully saturated rings. The highest BCUT2D eigenvalue weighted by atomic mass is 16.2. The highest BCUT2D eigenvalue weighted by Crippen LogP contribution is 2.20. The third kappa shape index (κ3) is 3.16. The average molecular weight is 260 g/mol. The van der Waals surface area contributed by atoms with E-state index in [1.54, 1.807) is 0 Å². The number of carbonyl (C=O) groups is 1. The predicted octanol–water partition coefficient (Wildman–Crippen LogP) is 2.65. The van der Waals surface area contributed by atoms with E-state index in [4.69, 9.17) is 5.73 Å². The summed E-state index contributed by atoms with van der Waals surface area (Å²) in [6, 6.07) is 6.24. The zero-order chi connectivity index (χ0) is 13.8. The Balaban J connectivity index is 2.25. The zero-order valence-corrected chi connectivity index (χ0v) is 12.0. The van der Waals surface area contributed by atoms with E-state index >= 15 is 0 Å². The number of hydrogen-bond donors (Lipinski definition) is 1. The van der Waals surface area contributed by atoms with Crippen LogP contribution in [0.25, 0.3) is 0 Å². The van der Waals surface area contributed by atoms with Crippen LogP contribution in [0.5, 0.6) is 0 Å². The summed E-state index contributed by atoms with van der Waals surface area (Å²) in [4.78, 5) is 14.7. The summed E-state index contributed by atoms with van der Waals surface area (Å²) < 4.78 is 0. The number of rotatable bonds is 2. The molecule has 1 aromatic rings. The van der Waals surface area contributed by atoms with Crippen molar-refractivity contribution in [3.8, 4) is 0 Å². The lowest BCUT2D eigenvalue weighted by molar-refractivity contribution is 0.0688. The molecule has 0 aliphatic carbocycles.